The average Bonchev–Trinajstić information content (AvgIpc) is 1.98. The average molecular weight is 213 g/mol. The zero-order valence-corrected chi connectivity index (χ0v) is 10.0. The van der Waals surface area contributed by atoms with Crippen LogP contribution in [0, 0.1) is 5.92 Å². The van der Waals surface area contributed by atoms with Gasteiger partial charge in [0.2, 0.25) is 0 Å². The first-order chi connectivity index (χ1) is 6.59. The first kappa shape index (κ1) is 13.8. The van der Waals surface area contributed by atoms with E-state index in [-0.39, 0.29) is 10.3 Å². The standard InChI is InChI=1S/C11H19NO3/c1-7(2)10(13)8(3)9(11(14)15)12(4,5)6/h8-9H,1H2,2-6H3. The van der Waals surface area contributed by atoms with Crippen molar-refractivity contribution in [1.29, 1.82) is 0 Å². The molecule has 0 N–H and O–H groups in total. The Morgan fingerprint density at radius 1 is 1.27 bits per heavy atom. The molecule has 0 aliphatic carbocycles. The molecular weight excluding hydrogens is 194 g/mol. The molecule has 0 spiro atoms. The molecule has 2 unspecified atom stereocenters. The fraction of sp³-hybridized carbons (Fsp3) is 0.636. The third-order valence-electron chi connectivity index (χ3n) is 2.38. The van der Waals surface area contributed by atoms with Crippen LogP contribution < -0.4 is 5.11 Å². The van der Waals surface area contributed by atoms with E-state index in [0.29, 0.717) is 5.57 Å². The van der Waals surface area contributed by atoms with Gasteiger partial charge >= 0.3 is 0 Å². The molecule has 0 bridgehead atoms. The van der Waals surface area contributed by atoms with E-state index in [1.54, 1.807) is 35.0 Å². The molecule has 0 radical (unpaired) electrons. The zero-order chi connectivity index (χ0) is 12.4. The van der Waals surface area contributed by atoms with Gasteiger partial charge in [-0.1, -0.05) is 6.58 Å². The van der Waals surface area contributed by atoms with E-state index in [1.165, 1.54) is 0 Å². The molecule has 0 aliphatic rings. The molecule has 86 valence electrons. The number of hydrogen-bond acceptors (Lipinski definition) is 3. The second-order valence-electron chi connectivity index (χ2n) is 4.81. The van der Waals surface area contributed by atoms with Crippen LogP contribution in [0.3, 0.4) is 0 Å². The maximum atomic E-state index is 11.6. The molecule has 2 atom stereocenters. The predicted octanol–water partition coefficient (Wildman–Crippen LogP) is -0.408. The number of quaternary nitrogens is 1. The highest BCUT2D eigenvalue weighted by molar-refractivity contribution is 5.98. The number of aliphatic carboxylic acids is 1. The number of nitrogens with zero attached hydrogens (tertiary/aromatic N) is 1. The summed E-state index contributed by atoms with van der Waals surface area (Å²) < 4.78 is 0.155. The largest absolute Gasteiger partial charge is 0.544 e. The van der Waals surface area contributed by atoms with Gasteiger partial charge in [-0.05, 0) is 19.4 Å². The summed E-state index contributed by atoms with van der Waals surface area (Å²) in [6.07, 6.45) is 0. The summed E-state index contributed by atoms with van der Waals surface area (Å²) in [5, 5.41) is 11.0. The Morgan fingerprint density at radius 2 is 1.67 bits per heavy atom. The molecule has 0 aromatic carbocycles. The number of likely N-dealkylation sites (N-methyl/N-ethyl adjacent to an activating group) is 1. The highest BCUT2D eigenvalue weighted by Crippen LogP contribution is 2.17. The Balaban J connectivity index is 5.04. The van der Waals surface area contributed by atoms with Crippen LogP contribution in [0.2, 0.25) is 0 Å². The van der Waals surface area contributed by atoms with Crippen LogP contribution in [0.5, 0.6) is 0 Å². The van der Waals surface area contributed by atoms with Crippen molar-refractivity contribution in [3.8, 4) is 0 Å². The minimum absolute atomic E-state index is 0.155. The number of carboxylic acids is 1. The first-order valence-corrected chi connectivity index (χ1v) is 4.80. The Bertz CT molecular complexity index is 289. The van der Waals surface area contributed by atoms with Gasteiger partial charge in [-0.2, -0.15) is 0 Å². The predicted molar refractivity (Wildman–Crippen MR) is 55.8 cm³/mol. The highest BCUT2D eigenvalue weighted by atomic mass is 16.4. The number of ketones is 1. The van der Waals surface area contributed by atoms with E-state index in [4.69, 9.17) is 0 Å². The molecule has 0 saturated heterocycles. The van der Waals surface area contributed by atoms with Gasteiger partial charge in [0.1, 0.15) is 12.0 Å². The SMILES string of the molecule is C=C(C)C(=O)C(C)C(C(=O)[O-])[N+](C)(C)C. The maximum absolute atomic E-state index is 11.6. The van der Waals surface area contributed by atoms with Crippen molar-refractivity contribution >= 4 is 11.8 Å². The lowest BCUT2D eigenvalue weighted by molar-refractivity contribution is -0.891. The number of hydrogen-bond donors (Lipinski definition) is 0. The number of carboxylic acid groups (broad SMARTS) is 1. The molecule has 0 rings (SSSR count). The van der Waals surface area contributed by atoms with E-state index in [2.05, 4.69) is 6.58 Å². The smallest absolute Gasteiger partial charge is 0.167 e. The number of allylic oxidation sites excluding steroid dienone is 1. The number of rotatable bonds is 5. The summed E-state index contributed by atoms with van der Waals surface area (Å²) in [5.41, 5.74) is 0.377. The minimum atomic E-state index is -1.20. The van der Waals surface area contributed by atoms with Gasteiger partial charge in [-0.3, -0.25) is 4.79 Å². The van der Waals surface area contributed by atoms with Gasteiger partial charge in [0.15, 0.2) is 5.78 Å². The van der Waals surface area contributed by atoms with Gasteiger partial charge in [0.05, 0.1) is 27.1 Å². The summed E-state index contributed by atoms with van der Waals surface area (Å²) in [6.45, 7) is 6.71. The number of carbonyl (C=O) groups excluding carboxylic acids is 2. The van der Waals surface area contributed by atoms with Crippen LogP contribution in [0.4, 0.5) is 0 Å². The zero-order valence-electron chi connectivity index (χ0n) is 10.0. The van der Waals surface area contributed by atoms with Crippen LogP contribution in [0.15, 0.2) is 12.2 Å². The fourth-order valence-corrected chi connectivity index (χ4v) is 1.72. The van der Waals surface area contributed by atoms with Crippen LogP contribution in [-0.4, -0.2) is 43.4 Å². The van der Waals surface area contributed by atoms with Crippen molar-refractivity contribution in [2.45, 2.75) is 19.9 Å². The van der Waals surface area contributed by atoms with Crippen molar-refractivity contribution in [2.24, 2.45) is 5.92 Å². The number of Topliss-reactive ketones (excluding diaryl/α,β-unsaturated/α-hetero) is 1. The summed E-state index contributed by atoms with van der Waals surface area (Å²) in [7, 11) is 5.17. The molecule has 15 heavy (non-hydrogen) atoms. The lowest BCUT2D eigenvalue weighted by Gasteiger charge is -2.37. The second-order valence-corrected chi connectivity index (χ2v) is 4.81. The molecule has 0 fully saturated rings. The van der Waals surface area contributed by atoms with E-state index in [0.717, 1.165) is 0 Å². The molecule has 0 aromatic rings. The maximum Gasteiger partial charge on any atom is 0.167 e. The molecule has 0 aliphatic heterocycles. The van der Waals surface area contributed by atoms with Gasteiger partial charge in [0, 0.05) is 0 Å². The van der Waals surface area contributed by atoms with Crippen LogP contribution in [0.25, 0.3) is 0 Å². The summed E-state index contributed by atoms with van der Waals surface area (Å²) in [6, 6.07) is -0.853. The molecule has 0 heterocycles. The van der Waals surface area contributed by atoms with Gasteiger partial charge in [-0.25, -0.2) is 0 Å². The van der Waals surface area contributed by atoms with Crippen molar-refractivity contribution < 1.29 is 19.2 Å². The van der Waals surface area contributed by atoms with E-state index in [1.807, 2.05) is 0 Å². The molecule has 0 saturated carbocycles. The Morgan fingerprint density at radius 3 is 1.87 bits per heavy atom. The first-order valence-electron chi connectivity index (χ1n) is 4.80. The fourth-order valence-electron chi connectivity index (χ4n) is 1.72. The van der Waals surface area contributed by atoms with Crippen LogP contribution in [-0.2, 0) is 9.59 Å². The summed E-state index contributed by atoms with van der Waals surface area (Å²) >= 11 is 0. The summed E-state index contributed by atoms with van der Waals surface area (Å²) in [4.78, 5) is 22.6. The molecule has 4 heteroatoms. The molecule has 4 nitrogen and oxygen atoms in total. The molecular formula is C11H19NO3. The normalized spacial score (nSPS) is 15.5. The Hall–Kier alpha value is -1.16. The van der Waals surface area contributed by atoms with Gasteiger partial charge < -0.3 is 14.4 Å². The Kier molecular flexibility index (Phi) is 4.22. The van der Waals surface area contributed by atoms with Crippen LogP contribution >= 0.6 is 0 Å². The number of carbonyl (C=O) groups is 2. The minimum Gasteiger partial charge on any atom is -0.544 e. The monoisotopic (exact) mass is 213 g/mol. The van der Waals surface area contributed by atoms with Crippen LogP contribution in [0.1, 0.15) is 13.8 Å². The lowest BCUT2D eigenvalue weighted by atomic mass is 9.92. The summed E-state index contributed by atoms with van der Waals surface area (Å²) in [5.74, 6) is -2.05. The van der Waals surface area contributed by atoms with E-state index in [9.17, 15) is 14.7 Å². The van der Waals surface area contributed by atoms with Gasteiger partial charge in [0.25, 0.3) is 0 Å². The van der Waals surface area contributed by atoms with Crippen molar-refractivity contribution in [3.63, 3.8) is 0 Å². The highest BCUT2D eigenvalue weighted by Gasteiger charge is 2.35. The molecule has 0 aromatic heterocycles. The van der Waals surface area contributed by atoms with E-state index < -0.39 is 17.9 Å². The van der Waals surface area contributed by atoms with Gasteiger partial charge in [-0.15, -0.1) is 0 Å². The van der Waals surface area contributed by atoms with Crippen molar-refractivity contribution in [1.82, 2.24) is 0 Å². The topological polar surface area (TPSA) is 57.2 Å². The van der Waals surface area contributed by atoms with Crippen molar-refractivity contribution in [3.05, 3.63) is 12.2 Å². The molecule has 0 amide bonds. The van der Waals surface area contributed by atoms with Crippen molar-refractivity contribution in [2.75, 3.05) is 21.1 Å². The Labute approximate surface area is 90.8 Å². The third kappa shape index (κ3) is 3.47. The van der Waals surface area contributed by atoms with E-state index >= 15 is 0 Å². The third-order valence-corrected chi connectivity index (χ3v) is 2.38. The quantitative estimate of drug-likeness (QED) is 0.461. The lowest BCUT2D eigenvalue weighted by Crippen LogP contribution is -2.59. The second kappa shape index (κ2) is 4.57.